The van der Waals surface area contributed by atoms with E-state index >= 15 is 0 Å². The Hall–Kier alpha value is -1.05. The lowest BCUT2D eigenvalue weighted by molar-refractivity contribution is -0.115. The van der Waals surface area contributed by atoms with Crippen LogP contribution in [0.3, 0.4) is 0 Å². The number of nitrogens with one attached hydrogen (secondary N) is 2. The molecule has 6 nitrogen and oxygen atoms in total. The molecule has 0 saturated heterocycles. The number of amides is 1. The Morgan fingerprint density at radius 3 is 2.89 bits per heavy atom. The minimum atomic E-state index is -0.113. The van der Waals surface area contributed by atoms with Gasteiger partial charge in [0.05, 0.1) is 13.2 Å². The summed E-state index contributed by atoms with van der Waals surface area (Å²) >= 11 is 1.43. The van der Waals surface area contributed by atoms with Gasteiger partial charge in [-0.1, -0.05) is 25.2 Å². The lowest BCUT2D eigenvalue weighted by Crippen LogP contribution is -2.30. The molecule has 0 bridgehead atoms. The highest BCUT2D eigenvalue weighted by atomic mass is 32.1. The van der Waals surface area contributed by atoms with Gasteiger partial charge < -0.3 is 10.1 Å². The second kappa shape index (κ2) is 8.12. The molecule has 0 fully saturated rings. The maximum Gasteiger partial charge on any atom is 0.240 e. The van der Waals surface area contributed by atoms with Crippen molar-refractivity contribution in [3.05, 3.63) is 5.01 Å². The van der Waals surface area contributed by atoms with E-state index in [1.54, 1.807) is 7.11 Å². The molecule has 0 spiro atoms. The first-order valence-corrected chi connectivity index (χ1v) is 6.75. The molecule has 0 atom stereocenters. The van der Waals surface area contributed by atoms with E-state index in [-0.39, 0.29) is 12.5 Å². The topological polar surface area (TPSA) is 76.1 Å². The number of carbonyl (C=O) groups is 1. The summed E-state index contributed by atoms with van der Waals surface area (Å²) in [6.07, 6.45) is 0.889. The van der Waals surface area contributed by atoms with Gasteiger partial charge in [-0.15, -0.1) is 10.2 Å². The molecule has 1 aromatic rings. The Balaban J connectivity index is 2.28. The molecule has 0 unspecified atom stereocenters. The predicted octanol–water partition coefficient (Wildman–Crippen LogP) is 0.911. The molecule has 0 aliphatic carbocycles. The third-order valence-corrected chi connectivity index (χ3v) is 2.93. The average molecular weight is 272 g/mol. The minimum Gasteiger partial charge on any atom is -0.383 e. The number of hydrogen-bond acceptors (Lipinski definition) is 6. The first kappa shape index (κ1) is 15.0. The fourth-order valence-electron chi connectivity index (χ4n) is 1.28. The normalized spacial score (nSPS) is 10.9. The number of nitrogens with zero attached hydrogens (tertiary/aromatic N) is 2. The average Bonchev–Trinajstić information content (AvgIpc) is 2.71. The molecule has 1 aromatic heterocycles. The maximum absolute atomic E-state index is 11.5. The fourth-order valence-corrected chi connectivity index (χ4v) is 2.24. The summed E-state index contributed by atoms with van der Waals surface area (Å²) in [7, 11) is 1.62. The highest BCUT2D eigenvalue weighted by molar-refractivity contribution is 7.15. The molecule has 1 rings (SSSR count). The van der Waals surface area contributed by atoms with Crippen molar-refractivity contribution in [1.29, 1.82) is 0 Å². The number of ether oxygens (including phenoxy) is 1. The van der Waals surface area contributed by atoms with E-state index < -0.39 is 0 Å². The smallest absolute Gasteiger partial charge is 0.240 e. The van der Waals surface area contributed by atoms with Crippen LogP contribution in [0.1, 0.15) is 18.9 Å². The van der Waals surface area contributed by atoms with Crippen LogP contribution in [0.15, 0.2) is 0 Å². The van der Waals surface area contributed by atoms with E-state index in [1.807, 2.05) is 0 Å². The summed E-state index contributed by atoms with van der Waals surface area (Å²) in [5.41, 5.74) is 0. The van der Waals surface area contributed by atoms with Crippen LogP contribution in [-0.4, -0.2) is 42.9 Å². The van der Waals surface area contributed by atoms with E-state index in [9.17, 15) is 4.79 Å². The summed E-state index contributed by atoms with van der Waals surface area (Å²) < 4.78 is 4.87. The van der Waals surface area contributed by atoms with Gasteiger partial charge in [-0.05, 0) is 5.92 Å². The van der Waals surface area contributed by atoms with Crippen LogP contribution >= 0.6 is 11.3 Å². The molecule has 102 valence electrons. The van der Waals surface area contributed by atoms with Crippen molar-refractivity contribution in [2.75, 3.05) is 32.1 Å². The molecule has 18 heavy (non-hydrogen) atoms. The second-order valence-electron chi connectivity index (χ2n) is 4.32. The van der Waals surface area contributed by atoms with Gasteiger partial charge in [0.2, 0.25) is 11.0 Å². The molecule has 0 aliphatic heterocycles. The SMILES string of the molecule is COCCNCC(=O)Nc1nnc(CC(C)C)s1. The number of hydrogen-bond donors (Lipinski definition) is 2. The Bertz CT molecular complexity index is 368. The third-order valence-electron chi connectivity index (χ3n) is 2.06. The van der Waals surface area contributed by atoms with Gasteiger partial charge in [-0.2, -0.15) is 0 Å². The second-order valence-corrected chi connectivity index (χ2v) is 5.38. The Morgan fingerprint density at radius 2 is 2.22 bits per heavy atom. The van der Waals surface area contributed by atoms with Crippen molar-refractivity contribution in [2.45, 2.75) is 20.3 Å². The summed E-state index contributed by atoms with van der Waals surface area (Å²) in [5, 5.41) is 15.2. The summed E-state index contributed by atoms with van der Waals surface area (Å²) in [6.45, 7) is 5.74. The lowest BCUT2D eigenvalue weighted by atomic mass is 10.1. The molecular formula is C11H20N4O2S. The Morgan fingerprint density at radius 1 is 1.44 bits per heavy atom. The molecule has 0 aliphatic rings. The summed E-state index contributed by atoms with van der Waals surface area (Å²) in [5.74, 6) is 0.426. The highest BCUT2D eigenvalue weighted by Gasteiger charge is 2.08. The Kier molecular flexibility index (Phi) is 6.77. The molecule has 0 aromatic carbocycles. The first-order chi connectivity index (χ1) is 8.61. The molecule has 0 saturated carbocycles. The minimum absolute atomic E-state index is 0.113. The number of methoxy groups -OCH3 is 1. The molecule has 0 radical (unpaired) electrons. The van der Waals surface area contributed by atoms with E-state index in [2.05, 4.69) is 34.7 Å². The van der Waals surface area contributed by atoms with Crippen LogP contribution in [0.2, 0.25) is 0 Å². The maximum atomic E-state index is 11.5. The highest BCUT2D eigenvalue weighted by Crippen LogP contribution is 2.17. The van der Waals surface area contributed by atoms with Crippen molar-refractivity contribution in [3.63, 3.8) is 0 Å². The summed E-state index contributed by atoms with van der Waals surface area (Å²) in [4.78, 5) is 11.5. The van der Waals surface area contributed by atoms with Gasteiger partial charge in [0.25, 0.3) is 0 Å². The molecular weight excluding hydrogens is 252 g/mol. The third kappa shape index (κ3) is 6.04. The number of anilines is 1. The van der Waals surface area contributed by atoms with Crippen molar-refractivity contribution < 1.29 is 9.53 Å². The van der Waals surface area contributed by atoms with Gasteiger partial charge in [-0.3, -0.25) is 10.1 Å². The standard InChI is InChI=1S/C11H20N4O2S/c1-8(2)6-10-14-15-11(18-10)13-9(16)7-12-4-5-17-3/h8,12H,4-7H2,1-3H3,(H,13,15,16). The number of aromatic nitrogens is 2. The van der Waals surface area contributed by atoms with Gasteiger partial charge in [0.1, 0.15) is 5.01 Å². The molecule has 1 amide bonds. The number of rotatable bonds is 8. The zero-order valence-electron chi connectivity index (χ0n) is 11.0. The van der Waals surface area contributed by atoms with Crippen molar-refractivity contribution >= 4 is 22.4 Å². The number of carbonyl (C=O) groups excluding carboxylic acids is 1. The van der Waals surface area contributed by atoms with Crippen LogP contribution < -0.4 is 10.6 Å². The van der Waals surface area contributed by atoms with Crippen molar-refractivity contribution in [1.82, 2.24) is 15.5 Å². The van der Waals surface area contributed by atoms with Crippen LogP contribution in [0.4, 0.5) is 5.13 Å². The zero-order valence-corrected chi connectivity index (χ0v) is 11.8. The van der Waals surface area contributed by atoms with E-state index in [0.29, 0.717) is 24.2 Å². The van der Waals surface area contributed by atoms with E-state index in [1.165, 1.54) is 11.3 Å². The fraction of sp³-hybridized carbons (Fsp3) is 0.727. The van der Waals surface area contributed by atoms with Gasteiger partial charge in [0, 0.05) is 20.1 Å². The zero-order chi connectivity index (χ0) is 13.4. The van der Waals surface area contributed by atoms with Crippen molar-refractivity contribution in [3.8, 4) is 0 Å². The van der Waals surface area contributed by atoms with Crippen LogP contribution in [0.25, 0.3) is 0 Å². The quantitative estimate of drug-likeness (QED) is 0.688. The van der Waals surface area contributed by atoms with Gasteiger partial charge in [0.15, 0.2) is 0 Å². The Labute approximate surface area is 111 Å². The van der Waals surface area contributed by atoms with Gasteiger partial charge in [-0.25, -0.2) is 0 Å². The van der Waals surface area contributed by atoms with Crippen LogP contribution in [0.5, 0.6) is 0 Å². The summed E-state index contributed by atoms with van der Waals surface area (Å²) in [6, 6.07) is 0. The van der Waals surface area contributed by atoms with Crippen LogP contribution in [-0.2, 0) is 16.0 Å². The molecule has 2 N–H and O–H groups in total. The van der Waals surface area contributed by atoms with Gasteiger partial charge >= 0.3 is 0 Å². The predicted molar refractivity (Wildman–Crippen MR) is 71.8 cm³/mol. The molecule has 7 heteroatoms. The first-order valence-electron chi connectivity index (χ1n) is 5.93. The van der Waals surface area contributed by atoms with E-state index in [0.717, 1.165) is 11.4 Å². The molecule has 1 heterocycles. The monoisotopic (exact) mass is 272 g/mol. The lowest BCUT2D eigenvalue weighted by Gasteiger charge is -2.03. The van der Waals surface area contributed by atoms with E-state index in [4.69, 9.17) is 4.74 Å². The van der Waals surface area contributed by atoms with Crippen LogP contribution in [0, 0.1) is 5.92 Å². The largest absolute Gasteiger partial charge is 0.383 e. The van der Waals surface area contributed by atoms with Crippen molar-refractivity contribution in [2.24, 2.45) is 5.92 Å².